The quantitative estimate of drug-likeness (QED) is 0.852. The Kier molecular flexibility index (Phi) is 3.85. The lowest BCUT2D eigenvalue weighted by Crippen LogP contribution is -2.66. The molecule has 7 heteroatoms. The maximum atomic E-state index is 12.4. The van der Waals surface area contributed by atoms with Crippen LogP contribution in [0.15, 0.2) is 12.4 Å². The van der Waals surface area contributed by atoms with E-state index in [2.05, 4.69) is 20.9 Å². The molecule has 0 radical (unpaired) electrons. The number of amides is 1. The average Bonchev–Trinajstić information content (AvgIpc) is 2.62. The molecule has 0 saturated carbocycles. The molecule has 0 aliphatic carbocycles. The third kappa shape index (κ3) is 2.33. The minimum absolute atomic E-state index is 0.000950. The Morgan fingerprint density at radius 1 is 1.29 bits per heavy atom. The molecular weight excluding hydrogens is 306 g/mol. The molecule has 1 amide bonds. The van der Waals surface area contributed by atoms with Crippen molar-refractivity contribution in [3.8, 4) is 6.07 Å². The first-order valence-electron chi connectivity index (χ1n) is 8.61. The van der Waals surface area contributed by atoms with E-state index in [1.165, 1.54) is 6.20 Å². The molecule has 1 aromatic rings. The number of rotatable bonds is 2. The molecule has 3 fully saturated rings. The first-order chi connectivity index (χ1) is 11.7. The van der Waals surface area contributed by atoms with Gasteiger partial charge in [-0.05, 0) is 31.1 Å². The number of fused-ring (bicyclic) bond motifs is 4. The van der Waals surface area contributed by atoms with Gasteiger partial charge in [0.25, 0.3) is 0 Å². The zero-order valence-corrected chi connectivity index (χ0v) is 13.5. The highest BCUT2D eigenvalue weighted by Crippen LogP contribution is 2.42. The van der Waals surface area contributed by atoms with E-state index in [1.807, 2.05) is 4.90 Å². The van der Waals surface area contributed by atoms with Crippen LogP contribution in [0.25, 0.3) is 0 Å². The second-order valence-corrected chi connectivity index (χ2v) is 7.01. The molecule has 1 N–H and O–H groups in total. The number of anilines is 1. The molecule has 126 valence electrons. The van der Waals surface area contributed by atoms with Gasteiger partial charge < -0.3 is 14.9 Å². The molecule has 2 bridgehead atoms. The number of aliphatic hydroxyl groups excluding tert-OH is 1. The van der Waals surface area contributed by atoms with Gasteiger partial charge in [0.05, 0.1) is 12.6 Å². The molecule has 24 heavy (non-hydrogen) atoms. The van der Waals surface area contributed by atoms with Crippen LogP contribution in [0.5, 0.6) is 0 Å². The van der Waals surface area contributed by atoms with E-state index in [-0.39, 0.29) is 30.5 Å². The number of aliphatic hydroxyl groups is 1. The van der Waals surface area contributed by atoms with Gasteiger partial charge in [-0.2, -0.15) is 5.26 Å². The van der Waals surface area contributed by atoms with E-state index in [4.69, 9.17) is 0 Å². The molecule has 0 unspecified atom stereocenters. The van der Waals surface area contributed by atoms with Crippen LogP contribution in [0.1, 0.15) is 31.4 Å². The maximum absolute atomic E-state index is 12.4. The third-order valence-corrected chi connectivity index (χ3v) is 5.77. The first kappa shape index (κ1) is 15.3. The zero-order valence-electron chi connectivity index (χ0n) is 13.5. The van der Waals surface area contributed by atoms with Crippen molar-refractivity contribution in [2.24, 2.45) is 11.8 Å². The first-order valence-corrected chi connectivity index (χ1v) is 8.61. The number of carbonyl (C=O) groups excluding carboxylic acids is 1. The van der Waals surface area contributed by atoms with Crippen molar-refractivity contribution in [1.82, 2.24) is 14.9 Å². The number of hydrogen-bond acceptors (Lipinski definition) is 6. The number of aromatic nitrogens is 2. The minimum atomic E-state index is -0.121. The van der Waals surface area contributed by atoms with Crippen molar-refractivity contribution in [3.63, 3.8) is 0 Å². The van der Waals surface area contributed by atoms with Crippen molar-refractivity contribution >= 4 is 11.7 Å². The van der Waals surface area contributed by atoms with E-state index >= 15 is 0 Å². The molecule has 1 aromatic heterocycles. The van der Waals surface area contributed by atoms with Gasteiger partial charge in [-0.1, -0.05) is 0 Å². The van der Waals surface area contributed by atoms with Gasteiger partial charge in [-0.15, -0.1) is 0 Å². The number of hydrogen-bond donors (Lipinski definition) is 1. The largest absolute Gasteiger partial charge is 0.394 e. The summed E-state index contributed by atoms with van der Waals surface area (Å²) in [5.74, 6) is 1.39. The zero-order chi connectivity index (χ0) is 16.7. The Bertz CT molecular complexity index is 674. The fourth-order valence-corrected chi connectivity index (χ4v) is 4.82. The summed E-state index contributed by atoms with van der Waals surface area (Å²) in [5, 5.41) is 19.2. The van der Waals surface area contributed by atoms with E-state index < -0.39 is 0 Å². The maximum Gasteiger partial charge on any atom is 0.223 e. The summed E-state index contributed by atoms with van der Waals surface area (Å²) in [6.07, 6.45) is 6.69. The van der Waals surface area contributed by atoms with Crippen LogP contribution in [0.2, 0.25) is 0 Å². The molecule has 3 saturated heterocycles. The summed E-state index contributed by atoms with van der Waals surface area (Å²) in [5.41, 5.74) is 0.342. The van der Waals surface area contributed by atoms with Gasteiger partial charge in [-0.3, -0.25) is 4.79 Å². The normalized spacial score (nSPS) is 32.2. The van der Waals surface area contributed by atoms with Gasteiger partial charge in [-0.25, -0.2) is 9.97 Å². The predicted molar refractivity (Wildman–Crippen MR) is 85.9 cm³/mol. The molecule has 4 atom stereocenters. The van der Waals surface area contributed by atoms with Crippen LogP contribution in [0.4, 0.5) is 5.82 Å². The summed E-state index contributed by atoms with van der Waals surface area (Å²) < 4.78 is 0. The molecule has 3 aliphatic heterocycles. The van der Waals surface area contributed by atoms with E-state index in [0.29, 0.717) is 30.4 Å². The highest BCUT2D eigenvalue weighted by atomic mass is 16.3. The van der Waals surface area contributed by atoms with Crippen molar-refractivity contribution in [2.45, 2.75) is 37.8 Å². The Morgan fingerprint density at radius 2 is 2.08 bits per heavy atom. The standard InChI is InChI=1S/C17H21N5O2/c18-7-13-17(20-5-4-19-13)21-8-11-6-12(9-21)15(10-23)22-14(11)2-1-3-16(22)24/h4-5,11-12,14-15,23H,1-3,6,8-10H2/t11-,12+,14+,15+/m1/s1. The smallest absolute Gasteiger partial charge is 0.223 e. The monoisotopic (exact) mass is 327 g/mol. The summed E-state index contributed by atoms with van der Waals surface area (Å²) in [4.78, 5) is 25.0. The molecule has 4 rings (SSSR count). The molecule has 3 aliphatic rings. The van der Waals surface area contributed by atoms with E-state index in [9.17, 15) is 15.2 Å². The minimum Gasteiger partial charge on any atom is -0.394 e. The topological polar surface area (TPSA) is 93.3 Å². The van der Waals surface area contributed by atoms with Crippen molar-refractivity contribution in [1.29, 1.82) is 5.26 Å². The molecular formula is C17H21N5O2. The molecule has 4 heterocycles. The number of nitriles is 1. The van der Waals surface area contributed by atoms with Crippen molar-refractivity contribution in [3.05, 3.63) is 18.1 Å². The van der Waals surface area contributed by atoms with Crippen molar-refractivity contribution < 1.29 is 9.90 Å². The van der Waals surface area contributed by atoms with Gasteiger partial charge in [0, 0.05) is 37.9 Å². The number of nitrogens with zero attached hydrogens (tertiary/aromatic N) is 5. The van der Waals surface area contributed by atoms with Gasteiger partial charge in [0.2, 0.25) is 5.91 Å². The molecule has 7 nitrogen and oxygen atoms in total. The van der Waals surface area contributed by atoms with Gasteiger partial charge in [0.1, 0.15) is 6.07 Å². The summed E-state index contributed by atoms with van der Waals surface area (Å²) >= 11 is 0. The highest BCUT2D eigenvalue weighted by Gasteiger charge is 2.49. The lowest BCUT2D eigenvalue weighted by Gasteiger charge is -2.56. The molecule has 0 spiro atoms. The number of carbonyl (C=O) groups is 1. The Balaban J connectivity index is 1.66. The summed E-state index contributed by atoms with van der Waals surface area (Å²) in [6, 6.07) is 2.20. The second-order valence-electron chi connectivity index (χ2n) is 7.01. The van der Waals surface area contributed by atoms with Crippen LogP contribution < -0.4 is 4.90 Å². The van der Waals surface area contributed by atoms with Crippen LogP contribution in [-0.2, 0) is 4.79 Å². The SMILES string of the molecule is N#Cc1nccnc1N1C[C@H]2C[C@@H](C1)[C@H](CO)N1C(=O)CCC[C@@H]21. The Morgan fingerprint density at radius 3 is 2.88 bits per heavy atom. The number of piperidine rings is 3. The second kappa shape index (κ2) is 6.02. The Hall–Kier alpha value is -2.20. The van der Waals surface area contributed by atoms with Gasteiger partial charge in [0.15, 0.2) is 11.5 Å². The van der Waals surface area contributed by atoms with Crippen molar-refractivity contribution in [2.75, 3.05) is 24.6 Å². The molecule has 0 aromatic carbocycles. The summed E-state index contributed by atoms with van der Waals surface area (Å²) in [6.45, 7) is 1.49. The van der Waals surface area contributed by atoms with E-state index in [1.54, 1.807) is 6.20 Å². The highest BCUT2D eigenvalue weighted by molar-refractivity contribution is 5.78. The lowest BCUT2D eigenvalue weighted by atomic mass is 9.72. The third-order valence-electron chi connectivity index (χ3n) is 5.77. The fraction of sp³-hybridized carbons (Fsp3) is 0.647. The van der Waals surface area contributed by atoms with Crippen LogP contribution in [0, 0.1) is 23.2 Å². The van der Waals surface area contributed by atoms with Crippen LogP contribution in [-0.4, -0.2) is 57.7 Å². The lowest BCUT2D eigenvalue weighted by molar-refractivity contribution is -0.150. The average molecular weight is 327 g/mol. The fourth-order valence-electron chi connectivity index (χ4n) is 4.82. The van der Waals surface area contributed by atoms with Crippen LogP contribution >= 0.6 is 0 Å². The van der Waals surface area contributed by atoms with E-state index in [0.717, 1.165) is 25.8 Å². The summed E-state index contributed by atoms with van der Waals surface area (Å²) in [7, 11) is 0. The predicted octanol–water partition coefficient (Wildman–Crippen LogP) is 0.546. The Labute approximate surface area is 140 Å². The van der Waals surface area contributed by atoms with Crippen LogP contribution in [0.3, 0.4) is 0 Å². The van der Waals surface area contributed by atoms with Gasteiger partial charge >= 0.3 is 0 Å².